The third-order valence-corrected chi connectivity index (χ3v) is 4.82. The number of halogens is 1. The monoisotopic (exact) mass is 306 g/mol. The minimum atomic E-state index is -0.0681. The Hall–Kier alpha value is -1.09. The highest BCUT2D eigenvalue weighted by molar-refractivity contribution is 5.49. The van der Waals surface area contributed by atoms with Crippen LogP contribution >= 0.6 is 0 Å². The SMILES string of the molecule is CC.Cc1ccc(N2CCC(N3CCCCC3)CC2)c(F)c1. The van der Waals surface area contributed by atoms with Crippen molar-refractivity contribution in [2.24, 2.45) is 0 Å². The van der Waals surface area contributed by atoms with Crippen LogP contribution in [-0.4, -0.2) is 37.1 Å². The van der Waals surface area contributed by atoms with Crippen molar-refractivity contribution in [2.75, 3.05) is 31.1 Å². The van der Waals surface area contributed by atoms with Crippen LogP contribution in [0, 0.1) is 12.7 Å². The van der Waals surface area contributed by atoms with Gasteiger partial charge in [-0.1, -0.05) is 26.3 Å². The fourth-order valence-corrected chi connectivity index (χ4v) is 3.62. The van der Waals surface area contributed by atoms with E-state index < -0.39 is 0 Å². The van der Waals surface area contributed by atoms with E-state index >= 15 is 0 Å². The molecule has 0 amide bonds. The van der Waals surface area contributed by atoms with Gasteiger partial charge in [0.05, 0.1) is 5.69 Å². The Morgan fingerprint density at radius 1 is 0.955 bits per heavy atom. The highest BCUT2D eigenvalue weighted by Crippen LogP contribution is 2.26. The molecular weight excluding hydrogens is 275 g/mol. The molecule has 3 heteroatoms. The van der Waals surface area contributed by atoms with E-state index in [1.807, 2.05) is 32.9 Å². The van der Waals surface area contributed by atoms with Crippen LogP contribution in [0.4, 0.5) is 10.1 Å². The lowest BCUT2D eigenvalue weighted by atomic mass is 9.99. The zero-order valence-electron chi connectivity index (χ0n) is 14.4. The second-order valence-electron chi connectivity index (χ2n) is 6.27. The van der Waals surface area contributed by atoms with Crippen molar-refractivity contribution in [3.05, 3.63) is 29.6 Å². The predicted octanol–water partition coefficient (Wildman–Crippen LogP) is 4.62. The van der Waals surface area contributed by atoms with Gasteiger partial charge in [0.1, 0.15) is 5.82 Å². The Labute approximate surface area is 135 Å². The summed E-state index contributed by atoms with van der Waals surface area (Å²) < 4.78 is 14.0. The predicted molar refractivity (Wildman–Crippen MR) is 93.1 cm³/mol. The van der Waals surface area contributed by atoms with Gasteiger partial charge in [-0.15, -0.1) is 0 Å². The van der Waals surface area contributed by atoms with Gasteiger partial charge < -0.3 is 9.80 Å². The van der Waals surface area contributed by atoms with Crippen molar-refractivity contribution in [1.82, 2.24) is 4.90 Å². The van der Waals surface area contributed by atoms with Gasteiger partial charge in [0.15, 0.2) is 0 Å². The summed E-state index contributed by atoms with van der Waals surface area (Å²) in [5.74, 6) is -0.0681. The Morgan fingerprint density at radius 2 is 1.59 bits per heavy atom. The summed E-state index contributed by atoms with van der Waals surface area (Å²) in [4.78, 5) is 4.88. The first-order valence-electron chi connectivity index (χ1n) is 8.99. The molecule has 2 nitrogen and oxygen atoms in total. The molecule has 2 saturated heterocycles. The van der Waals surface area contributed by atoms with Gasteiger partial charge in [0, 0.05) is 19.1 Å². The molecule has 2 aliphatic rings. The maximum absolute atomic E-state index is 14.0. The molecule has 0 spiro atoms. The minimum Gasteiger partial charge on any atom is -0.369 e. The Bertz CT molecular complexity index is 447. The summed E-state index contributed by atoms with van der Waals surface area (Å²) in [5.41, 5.74) is 1.78. The highest BCUT2D eigenvalue weighted by atomic mass is 19.1. The molecule has 0 N–H and O–H groups in total. The molecule has 0 unspecified atom stereocenters. The van der Waals surface area contributed by atoms with E-state index in [0.29, 0.717) is 0 Å². The van der Waals surface area contributed by atoms with Crippen LogP contribution in [-0.2, 0) is 0 Å². The molecule has 1 aromatic carbocycles. The third kappa shape index (κ3) is 4.22. The fourth-order valence-electron chi connectivity index (χ4n) is 3.62. The molecule has 2 heterocycles. The number of rotatable bonds is 2. The van der Waals surface area contributed by atoms with Crippen LogP contribution in [0.3, 0.4) is 0 Å². The lowest BCUT2D eigenvalue weighted by molar-refractivity contribution is 0.141. The van der Waals surface area contributed by atoms with Crippen LogP contribution in [0.1, 0.15) is 51.5 Å². The van der Waals surface area contributed by atoms with Gasteiger partial charge in [0.2, 0.25) is 0 Å². The van der Waals surface area contributed by atoms with Crippen molar-refractivity contribution in [3.63, 3.8) is 0 Å². The quantitative estimate of drug-likeness (QED) is 0.787. The number of piperidine rings is 2. The first-order valence-corrected chi connectivity index (χ1v) is 8.99. The van der Waals surface area contributed by atoms with Gasteiger partial charge in [-0.25, -0.2) is 4.39 Å². The zero-order valence-corrected chi connectivity index (χ0v) is 14.4. The van der Waals surface area contributed by atoms with Crippen LogP contribution in [0.15, 0.2) is 18.2 Å². The smallest absolute Gasteiger partial charge is 0.146 e. The first kappa shape index (κ1) is 17.3. The second kappa shape index (κ2) is 8.52. The molecule has 0 atom stereocenters. The van der Waals surface area contributed by atoms with E-state index in [0.717, 1.165) is 30.4 Å². The Morgan fingerprint density at radius 3 is 2.18 bits per heavy atom. The highest BCUT2D eigenvalue weighted by Gasteiger charge is 2.26. The first-order chi connectivity index (χ1) is 10.7. The molecule has 0 saturated carbocycles. The largest absolute Gasteiger partial charge is 0.369 e. The third-order valence-electron chi connectivity index (χ3n) is 4.82. The molecule has 0 radical (unpaired) electrons. The topological polar surface area (TPSA) is 6.48 Å². The fraction of sp³-hybridized carbons (Fsp3) is 0.684. The molecule has 0 aliphatic carbocycles. The zero-order chi connectivity index (χ0) is 15.9. The number of hydrogen-bond acceptors (Lipinski definition) is 2. The molecule has 2 fully saturated rings. The van der Waals surface area contributed by atoms with E-state index in [-0.39, 0.29) is 5.82 Å². The number of likely N-dealkylation sites (tertiary alicyclic amines) is 1. The summed E-state index contributed by atoms with van der Waals surface area (Å²) in [6.45, 7) is 10.4. The van der Waals surface area contributed by atoms with Crippen molar-refractivity contribution in [2.45, 2.75) is 58.9 Å². The van der Waals surface area contributed by atoms with E-state index in [2.05, 4.69) is 9.80 Å². The van der Waals surface area contributed by atoms with Gasteiger partial charge in [-0.3, -0.25) is 0 Å². The van der Waals surface area contributed by atoms with Crippen LogP contribution in [0.5, 0.6) is 0 Å². The second-order valence-corrected chi connectivity index (χ2v) is 6.27. The van der Waals surface area contributed by atoms with Gasteiger partial charge in [-0.2, -0.15) is 0 Å². The van der Waals surface area contributed by atoms with Crippen LogP contribution in [0.2, 0.25) is 0 Å². The summed E-state index contributed by atoms with van der Waals surface area (Å²) in [5, 5.41) is 0. The Kier molecular flexibility index (Phi) is 6.69. The van der Waals surface area contributed by atoms with E-state index in [9.17, 15) is 4.39 Å². The average molecular weight is 306 g/mol. The standard InChI is InChI=1S/C17H25FN2.C2H6/c1-14-5-6-17(16(18)13-14)20-11-7-15(8-12-20)19-9-3-2-4-10-19;1-2/h5-6,13,15H,2-4,7-12H2,1H3;1-2H3. The van der Waals surface area contributed by atoms with Crippen LogP contribution in [0.25, 0.3) is 0 Å². The van der Waals surface area contributed by atoms with E-state index in [1.54, 1.807) is 6.07 Å². The molecule has 124 valence electrons. The van der Waals surface area contributed by atoms with Gasteiger partial charge in [0.25, 0.3) is 0 Å². The number of aryl methyl sites for hydroxylation is 1. The van der Waals surface area contributed by atoms with Crippen molar-refractivity contribution < 1.29 is 4.39 Å². The number of nitrogens with zero attached hydrogens (tertiary/aromatic N) is 2. The summed E-state index contributed by atoms with van der Waals surface area (Å²) in [7, 11) is 0. The van der Waals surface area contributed by atoms with Crippen molar-refractivity contribution in [1.29, 1.82) is 0 Å². The molecule has 3 rings (SSSR count). The lowest BCUT2D eigenvalue weighted by Gasteiger charge is -2.41. The lowest BCUT2D eigenvalue weighted by Crippen LogP contribution is -2.46. The van der Waals surface area contributed by atoms with Crippen molar-refractivity contribution >= 4 is 5.69 Å². The minimum absolute atomic E-state index is 0.0681. The molecule has 0 bridgehead atoms. The van der Waals surface area contributed by atoms with Gasteiger partial charge >= 0.3 is 0 Å². The van der Waals surface area contributed by atoms with Crippen LogP contribution < -0.4 is 4.90 Å². The Balaban J connectivity index is 0.000000847. The van der Waals surface area contributed by atoms with Gasteiger partial charge in [-0.05, 0) is 63.4 Å². The number of hydrogen-bond donors (Lipinski definition) is 0. The maximum Gasteiger partial charge on any atom is 0.146 e. The summed E-state index contributed by atoms with van der Waals surface area (Å²) >= 11 is 0. The summed E-state index contributed by atoms with van der Waals surface area (Å²) in [6, 6.07) is 6.31. The molecule has 2 aliphatic heterocycles. The molecule has 22 heavy (non-hydrogen) atoms. The van der Waals surface area contributed by atoms with E-state index in [4.69, 9.17) is 0 Å². The maximum atomic E-state index is 14.0. The van der Waals surface area contributed by atoms with E-state index in [1.165, 1.54) is 45.2 Å². The molecule has 1 aromatic rings. The summed E-state index contributed by atoms with van der Waals surface area (Å²) in [6.07, 6.45) is 6.45. The number of anilines is 1. The normalized spacial score (nSPS) is 20.5. The number of benzene rings is 1. The molecule has 0 aromatic heterocycles. The average Bonchev–Trinajstić information content (AvgIpc) is 2.58. The molecular formula is C19H31FN2. The van der Waals surface area contributed by atoms with Crippen molar-refractivity contribution in [3.8, 4) is 0 Å².